The number of sulfonamides is 1. The Balaban J connectivity index is 1.71. The van der Waals surface area contributed by atoms with E-state index >= 15 is 0 Å². The predicted molar refractivity (Wildman–Crippen MR) is 109 cm³/mol. The maximum absolute atomic E-state index is 12.7. The van der Waals surface area contributed by atoms with Crippen molar-refractivity contribution in [1.29, 1.82) is 0 Å². The first-order valence-corrected chi connectivity index (χ1v) is 11.0. The summed E-state index contributed by atoms with van der Waals surface area (Å²) in [4.78, 5) is 12.7. The summed E-state index contributed by atoms with van der Waals surface area (Å²) in [5.41, 5.74) is 1.21. The number of ether oxygens (including phenoxy) is 3. The summed E-state index contributed by atoms with van der Waals surface area (Å²) in [6.07, 6.45) is 1.07. The molecule has 0 saturated heterocycles. The van der Waals surface area contributed by atoms with Gasteiger partial charge in [-0.1, -0.05) is 6.07 Å². The van der Waals surface area contributed by atoms with E-state index in [1.54, 1.807) is 43.3 Å². The molecule has 3 rings (SSSR count). The van der Waals surface area contributed by atoms with Crippen LogP contribution in [0.2, 0.25) is 0 Å². The number of carbonyl (C=O) groups excluding carboxylic acids is 1. The Morgan fingerprint density at radius 2 is 1.86 bits per heavy atom. The van der Waals surface area contributed by atoms with Gasteiger partial charge in [0.15, 0.2) is 11.5 Å². The van der Waals surface area contributed by atoms with Gasteiger partial charge in [-0.3, -0.25) is 9.10 Å². The topological polar surface area (TPSA) is 94.2 Å². The van der Waals surface area contributed by atoms with Crippen molar-refractivity contribution in [2.45, 2.75) is 26.4 Å². The van der Waals surface area contributed by atoms with Crippen LogP contribution in [0.1, 0.15) is 19.4 Å². The smallest absolute Gasteiger partial charge is 0.243 e. The van der Waals surface area contributed by atoms with Gasteiger partial charge in [-0.05, 0) is 55.8 Å². The number of nitrogens with one attached hydrogen (secondary N) is 1. The van der Waals surface area contributed by atoms with E-state index in [0.717, 1.165) is 16.1 Å². The largest absolute Gasteiger partial charge is 0.494 e. The summed E-state index contributed by atoms with van der Waals surface area (Å²) < 4.78 is 41.8. The molecule has 0 unspecified atom stereocenters. The van der Waals surface area contributed by atoms with E-state index in [0.29, 0.717) is 29.5 Å². The van der Waals surface area contributed by atoms with Crippen molar-refractivity contribution >= 4 is 21.6 Å². The van der Waals surface area contributed by atoms with E-state index in [2.05, 4.69) is 5.32 Å². The molecular weight excluding hydrogens is 396 g/mol. The molecule has 0 aliphatic carbocycles. The van der Waals surface area contributed by atoms with Crippen molar-refractivity contribution < 1.29 is 27.4 Å². The van der Waals surface area contributed by atoms with Crippen LogP contribution in [0.3, 0.4) is 0 Å². The Morgan fingerprint density at radius 1 is 1.17 bits per heavy atom. The Hall–Kier alpha value is -2.94. The lowest BCUT2D eigenvalue weighted by atomic mass is 10.2. The number of rotatable bonds is 8. The highest BCUT2D eigenvalue weighted by Gasteiger charge is 2.29. The SMILES string of the molecule is CCOc1ccc(N([C@H](C)C(=O)NCc2ccc3c(c2)OCO3)S(C)(=O)=O)cc1. The summed E-state index contributed by atoms with van der Waals surface area (Å²) in [5.74, 6) is 1.50. The molecule has 1 aliphatic rings. The van der Waals surface area contributed by atoms with E-state index in [9.17, 15) is 13.2 Å². The van der Waals surface area contributed by atoms with Gasteiger partial charge in [-0.2, -0.15) is 0 Å². The second-order valence-corrected chi connectivity index (χ2v) is 8.43. The van der Waals surface area contributed by atoms with Crippen LogP contribution in [0.4, 0.5) is 5.69 Å². The molecule has 156 valence electrons. The van der Waals surface area contributed by atoms with E-state index < -0.39 is 22.0 Å². The fourth-order valence-electron chi connectivity index (χ4n) is 3.05. The van der Waals surface area contributed by atoms with Crippen molar-refractivity contribution in [2.75, 3.05) is 24.0 Å². The second-order valence-electron chi connectivity index (χ2n) is 6.57. The van der Waals surface area contributed by atoms with Gasteiger partial charge in [-0.25, -0.2) is 8.42 Å². The van der Waals surface area contributed by atoms with E-state index in [1.807, 2.05) is 13.0 Å². The normalized spacial score (nSPS) is 13.6. The number of anilines is 1. The zero-order chi connectivity index (χ0) is 21.0. The van der Waals surface area contributed by atoms with E-state index in [1.165, 1.54) is 0 Å². The Morgan fingerprint density at radius 3 is 2.52 bits per heavy atom. The molecule has 0 aromatic heterocycles. The van der Waals surface area contributed by atoms with Crippen molar-refractivity contribution in [3.8, 4) is 17.2 Å². The maximum Gasteiger partial charge on any atom is 0.243 e. The number of hydrogen-bond acceptors (Lipinski definition) is 6. The van der Waals surface area contributed by atoms with Gasteiger partial charge >= 0.3 is 0 Å². The average molecular weight is 420 g/mol. The number of amides is 1. The summed E-state index contributed by atoms with van der Waals surface area (Å²) in [6, 6.07) is 11.0. The first kappa shape index (κ1) is 20.8. The minimum atomic E-state index is -3.68. The monoisotopic (exact) mass is 420 g/mol. The Kier molecular flexibility index (Phi) is 6.17. The third kappa shape index (κ3) is 4.92. The van der Waals surface area contributed by atoms with Crippen LogP contribution in [0.5, 0.6) is 17.2 Å². The predicted octanol–water partition coefficient (Wildman–Crippen LogP) is 2.28. The lowest BCUT2D eigenvalue weighted by molar-refractivity contribution is -0.122. The Labute approximate surface area is 170 Å². The molecule has 1 heterocycles. The van der Waals surface area contributed by atoms with Crippen molar-refractivity contribution in [3.05, 3.63) is 48.0 Å². The van der Waals surface area contributed by atoms with Crippen LogP contribution >= 0.6 is 0 Å². The second kappa shape index (κ2) is 8.60. The highest BCUT2D eigenvalue weighted by Crippen LogP contribution is 2.32. The van der Waals surface area contributed by atoms with Crippen molar-refractivity contribution in [3.63, 3.8) is 0 Å². The van der Waals surface area contributed by atoms with E-state index in [4.69, 9.17) is 14.2 Å². The minimum Gasteiger partial charge on any atom is -0.494 e. The zero-order valence-electron chi connectivity index (χ0n) is 16.5. The summed E-state index contributed by atoms with van der Waals surface area (Å²) in [5, 5.41) is 2.78. The molecule has 1 amide bonds. The van der Waals surface area contributed by atoms with Crippen LogP contribution in [0.25, 0.3) is 0 Å². The number of nitrogens with zero attached hydrogens (tertiary/aromatic N) is 1. The lowest BCUT2D eigenvalue weighted by Crippen LogP contribution is -2.47. The molecule has 0 radical (unpaired) electrons. The van der Waals surface area contributed by atoms with Gasteiger partial charge < -0.3 is 19.5 Å². The number of benzene rings is 2. The van der Waals surface area contributed by atoms with Gasteiger partial charge in [0.2, 0.25) is 22.7 Å². The molecule has 0 fully saturated rings. The van der Waals surface area contributed by atoms with Gasteiger partial charge in [0, 0.05) is 6.54 Å². The number of fused-ring (bicyclic) bond motifs is 1. The Bertz CT molecular complexity index is 975. The molecule has 2 aromatic rings. The summed E-state index contributed by atoms with van der Waals surface area (Å²) >= 11 is 0. The molecule has 29 heavy (non-hydrogen) atoms. The standard InChI is InChI=1S/C20H24N2O6S/c1-4-26-17-8-6-16(7-9-17)22(29(3,24)25)14(2)20(23)21-12-15-5-10-18-19(11-15)28-13-27-18/h5-11,14H,4,12-13H2,1-3H3,(H,21,23)/t14-/m1/s1. The third-order valence-electron chi connectivity index (χ3n) is 4.39. The summed E-state index contributed by atoms with van der Waals surface area (Å²) in [6.45, 7) is 4.33. The maximum atomic E-state index is 12.7. The van der Waals surface area contributed by atoms with Crippen molar-refractivity contribution in [1.82, 2.24) is 5.32 Å². The molecular formula is C20H24N2O6S. The van der Waals surface area contributed by atoms with E-state index in [-0.39, 0.29) is 13.3 Å². The van der Waals surface area contributed by atoms with Crippen LogP contribution in [0, 0.1) is 0 Å². The van der Waals surface area contributed by atoms with Crippen LogP contribution in [0.15, 0.2) is 42.5 Å². The number of carbonyl (C=O) groups is 1. The van der Waals surface area contributed by atoms with Gasteiger partial charge in [0.1, 0.15) is 11.8 Å². The average Bonchev–Trinajstić information content (AvgIpc) is 3.14. The van der Waals surface area contributed by atoms with Gasteiger partial charge in [0.25, 0.3) is 0 Å². The summed E-state index contributed by atoms with van der Waals surface area (Å²) in [7, 11) is -3.68. The first-order valence-electron chi connectivity index (χ1n) is 9.18. The van der Waals surface area contributed by atoms with Crippen molar-refractivity contribution in [2.24, 2.45) is 0 Å². The molecule has 8 nitrogen and oxygen atoms in total. The van der Waals surface area contributed by atoms with Crippen LogP contribution < -0.4 is 23.8 Å². The lowest BCUT2D eigenvalue weighted by Gasteiger charge is -2.28. The first-order chi connectivity index (χ1) is 13.8. The molecule has 0 bridgehead atoms. The van der Waals surface area contributed by atoms with Gasteiger partial charge in [0.05, 0.1) is 18.6 Å². The fourth-order valence-corrected chi connectivity index (χ4v) is 4.23. The van der Waals surface area contributed by atoms with Gasteiger partial charge in [-0.15, -0.1) is 0 Å². The van der Waals surface area contributed by atoms with Crippen LogP contribution in [-0.2, 0) is 21.4 Å². The molecule has 0 saturated carbocycles. The number of hydrogen-bond donors (Lipinski definition) is 1. The highest BCUT2D eigenvalue weighted by molar-refractivity contribution is 7.92. The highest BCUT2D eigenvalue weighted by atomic mass is 32.2. The zero-order valence-corrected chi connectivity index (χ0v) is 17.4. The minimum absolute atomic E-state index is 0.174. The molecule has 1 N–H and O–H groups in total. The molecule has 2 aromatic carbocycles. The fraction of sp³-hybridized carbons (Fsp3) is 0.350. The molecule has 1 atom stereocenters. The molecule has 0 spiro atoms. The molecule has 1 aliphatic heterocycles. The third-order valence-corrected chi connectivity index (χ3v) is 5.64. The van der Waals surface area contributed by atoms with Crippen LogP contribution in [-0.4, -0.2) is 40.0 Å². The quantitative estimate of drug-likeness (QED) is 0.704. The molecule has 9 heteroatoms.